The molecule has 2 radical (unpaired) electrons. The quantitative estimate of drug-likeness (QED) is 0.561. The number of fused-ring (bicyclic) bond motifs is 2. The van der Waals surface area contributed by atoms with Gasteiger partial charge >= 0.3 is 6.03 Å². The number of hydrogen-bond acceptors (Lipinski definition) is 4. The number of carbonyl (C=O) groups excluding carboxylic acids is 1. The molecular formula is C20H23BN2O3S. The SMILES string of the molecule is [B]c1c2c(c(NC(=O)NSc3cc(C(C)(C)O)co3)c3c1CCC3)CCC2. The number of anilines is 1. The third-order valence-corrected chi connectivity index (χ3v) is 6.16. The summed E-state index contributed by atoms with van der Waals surface area (Å²) in [4.78, 5) is 12.5. The minimum absolute atomic E-state index is 0.283. The van der Waals surface area contributed by atoms with Gasteiger partial charge < -0.3 is 14.8 Å². The smallest absolute Gasteiger partial charge is 0.329 e. The van der Waals surface area contributed by atoms with Gasteiger partial charge in [-0.25, -0.2) is 4.79 Å². The van der Waals surface area contributed by atoms with Gasteiger partial charge in [0.1, 0.15) is 7.85 Å². The van der Waals surface area contributed by atoms with E-state index in [-0.39, 0.29) is 6.03 Å². The van der Waals surface area contributed by atoms with E-state index in [1.807, 2.05) is 0 Å². The normalized spacial score (nSPS) is 15.5. The molecule has 4 rings (SSSR count). The van der Waals surface area contributed by atoms with Crippen LogP contribution in [-0.4, -0.2) is 19.0 Å². The predicted octanol–water partition coefficient (Wildman–Crippen LogP) is 3.11. The van der Waals surface area contributed by atoms with Crippen LogP contribution in [0.3, 0.4) is 0 Å². The maximum Gasteiger partial charge on any atom is 0.329 e. The molecule has 7 heteroatoms. The summed E-state index contributed by atoms with van der Waals surface area (Å²) in [6.45, 7) is 3.38. The molecule has 2 aliphatic carbocycles. The van der Waals surface area contributed by atoms with Crippen molar-refractivity contribution >= 4 is 37.0 Å². The summed E-state index contributed by atoms with van der Waals surface area (Å²) >= 11 is 1.09. The monoisotopic (exact) mass is 382 g/mol. The molecule has 0 fully saturated rings. The van der Waals surface area contributed by atoms with E-state index in [1.54, 1.807) is 19.9 Å². The highest BCUT2D eigenvalue weighted by Gasteiger charge is 2.27. The maximum atomic E-state index is 12.5. The number of carbonyl (C=O) groups is 1. The number of furan rings is 1. The first-order valence-electron chi connectivity index (χ1n) is 9.34. The van der Waals surface area contributed by atoms with E-state index in [0.29, 0.717) is 10.7 Å². The van der Waals surface area contributed by atoms with E-state index in [9.17, 15) is 9.90 Å². The summed E-state index contributed by atoms with van der Waals surface area (Å²) in [6.07, 6.45) is 7.57. The van der Waals surface area contributed by atoms with Crippen molar-refractivity contribution in [3.05, 3.63) is 40.1 Å². The zero-order valence-corrected chi connectivity index (χ0v) is 16.5. The van der Waals surface area contributed by atoms with Crippen LogP contribution >= 0.6 is 11.9 Å². The van der Waals surface area contributed by atoms with E-state index in [2.05, 4.69) is 10.0 Å². The second kappa shape index (κ2) is 6.95. The van der Waals surface area contributed by atoms with Crippen molar-refractivity contribution in [2.75, 3.05) is 5.32 Å². The van der Waals surface area contributed by atoms with E-state index in [0.717, 1.165) is 61.6 Å². The maximum absolute atomic E-state index is 12.5. The van der Waals surface area contributed by atoms with Crippen LogP contribution in [0.1, 0.15) is 54.5 Å². The van der Waals surface area contributed by atoms with Crippen LogP contribution in [0.25, 0.3) is 0 Å². The van der Waals surface area contributed by atoms with Crippen LogP contribution in [0.4, 0.5) is 10.5 Å². The highest BCUT2D eigenvalue weighted by atomic mass is 32.2. The van der Waals surface area contributed by atoms with Gasteiger partial charge in [0.15, 0.2) is 5.09 Å². The van der Waals surface area contributed by atoms with Crippen LogP contribution in [0.2, 0.25) is 0 Å². The molecule has 0 aliphatic heterocycles. The molecular weight excluding hydrogens is 359 g/mol. The third-order valence-electron chi connectivity index (χ3n) is 5.45. The van der Waals surface area contributed by atoms with E-state index < -0.39 is 5.60 Å². The number of nitrogens with one attached hydrogen (secondary N) is 2. The fourth-order valence-corrected chi connectivity index (χ4v) is 4.60. The predicted molar refractivity (Wildman–Crippen MR) is 108 cm³/mol. The highest BCUT2D eigenvalue weighted by molar-refractivity contribution is 7.97. The highest BCUT2D eigenvalue weighted by Crippen LogP contribution is 2.37. The van der Waals surface area contributed by atoms with Gasteiger partial charge in [0.05, 0.1) is 11.9 Å². The molecule has 2 amide bonds. The van der Waals surface area contributed by atoms with Gasteiger partial charge in [-0.1, -0.05) is 5.46 Å². The molecule has 1 aromatic heterocycles. The van der Waals surface area contributed by atoms with Crippen molar-refractivity contribution in [2.24, 2.45) is 0 Å². The Bertz CT molecular complexity index is 866. The Hall–Kier alpha value is -1.86. The van der Waals surface area contributed by atoms with E-state index in [1.165, 1.54) is 28.5 Å². The topological polar surface area (TPSA) is 74.5 Å². The van der Waals surface area contributed by atoms with Crippen LogP contribution in [0, 0.1) is 0 Å². The minimum atomic E-state index is -0.977. The average Bonchev–Trinajstić information content (AvgIpc) is 3.36. The number of hydrogen-bond donors (Lipinski definition) is 3. The van der Waals surface area contributed by atoms with Crippen LogP contribution in [0.15, 0.2) is 21.8 Å². The summed E-state index contributed by atoms with van der Waals surface area (Å²) in [5.41, 5.74) is 6.45. The molecule has 5 nitrogen and oxygen atoms in total. The van der Waals surface area contributed by atoms with Gasteiger partial charge in [0.25, 0.3) is 0 Å². The number of aliphatic hydroxyl groups is 1. The molecule has 2 aromatic rings. The molecule has 140 valence electrons. The lowest BCUT2D eigenvalue weighted by Gasteiger charge is -2.19. The van der Waals surface area contributed by atoms with Crippen LogP contribution in [-0.2, 0) is 31.3 Å². The van der Waals surface area contributed by atoms with Gasteiger partial charge in [-0.15, -0.1) is 0 Å². The number of rotatable bonds is 4. The lowest BCUT2D eigenvalue weighted by atomic mass is 9.81. The van der Waals surface area contributed by atoms with Crippen LogP contribution < -0.4 is 15.5 Å². The summed E-state index contributed by atoms with van der Waals surface area (Å²) in [5, 5.41) is 13.6. The molecule has 27 heavy (non-hydrogen) atoms. The Labute approximate surface area is 164 Å². The standard InChI is InChI=1S/C20H23BN2O3S/c1-20(2,25)11-9-16(26-10-11)27-23-19(24)22-18-14-7-3-5-12(14)17(21)13-6-4-8-15(13)18/h9-10,25H,3-8H2,1-2H3,(H2,22,23,24). The number of benzene rings is 1. The first kappa shape index (κ1) is 18.5. The fraction of sp³-hybridized carbons (Fsp3) is 0.450. The minimum Gasteiger partial charge on any atom is -0.456 e. The lowest BCUT2D eigenvalue weighted by Crippen LogP contribution is -2.26. The van der Waals surface area contributed by atoms with Crippen molar-refractivity contribution in [1.29, 1.82) is 0 Å². The molecule has 0 saturated heterocycles. The second-order valence-electron chi connectivity index (χ2n) is 7.78. The summed E-state index contributed by atoms with van der Waals surface area (Å²) < 4.78 is 8.17. The zero-order valence-electron chi connectivity index (χ0n) is 15.6. The number of urea groups is 1. The largest absolute Gasteiger partial charge is 0.456 e. The Morgan fingerprint density at radius 2 is 1.74 bits per heavy atom. The first-order valence-corrected chi connectivity index (χ1v) is 10.2. The van der Waals surface area contributed by atoms with Crippen molar-refractivity contribution in [3.8, 4) is 0 Å². The Morgan fingerprint density at radius 1 is 1.15 bits per heavy atom. The van der Waals surface area contributed by atoms with Crippen molar-refractivity contribution < 1.29 is 14.3 Å². The summed E-state index contributed by atoms with van der Waals surface area (Å²) in [6, 6.07) is 1.44. The molecule has 3 N–H and O–H groups in total. The summed E-state index contributed by atoms with van der Waals surface area (Å²) in [5.74, 6) is 0. The van der Waals surface area contributed by atoms with Crippen LogP contribution in [0.5, 0.6) is 0 Å². The molecule has 0 saturated carbocycles. The molecule has 2 aliphatic rings. The molecule has 1 heterocycles. The lowest BCUT2D eigenvalue weighted by molar-refractivity contribution is 0.0779. The molecule has 0 spiro atoms. The van der Waals surface area contributed by atoms with Crippen molar-refractivity contribution in [1.82, 2.24) is 4.72 Å². The Balaban J connectivity index is 1.49. The van der Waals surface area contributed by atoms with E-state index in [4.69, 9.17) is 12.3 Å². The average molecular weight is 382 g/mol. The molecule has 0 atom stereocenters. The zero-order chi connectivity index (χ0) is 19.2. The number of amides is 2. The van der Waals surface area contributed by atoms with Gasteiger partial charge in [0, 0.05) is 23.2 Å². The first-order chi connectivity index (χ1) is 12.8. The fourth-order valence-electron chi connectivity index (χ4n) is 4.08. The molecule has 1 aromatic carbocycles. The van der Waals surface area contributed by atoms with Crippen molar-refractivity contribution in [2.45, 2.75) is 63.1 Å². The second-order valence-corrected chi connectivity index (χ2v) is 8.59. The van der Waals surface area contributed by atoms with Gasteiger partial charge in [-0.05, 0) is 80.7 Å². The Kier molecular flexibility index (Phi) is 4.76. The molecule has 0 bridgehead atoms. The molecule has 0 unspecified atom stereocenters. The van der Waals surface area contributed by atoms with Gasteiger partial charge in [0.2, 0.25) is 0 Å². The van der Waals surface area contributed by atoms with Crippen molar-refractivity contribution in [3.63, 3.8) is 0 Å². The van der Waals surface area contributed by atoms with Gasteiger partial charge in [-0.2, -0.15) is 0 Å². The van der Waals surface area contributed by atoms with Gasteiger partial charge in [-0.3, -0.25) is 4.72 Å². The van der Waals surface area contributed by atoms with E-state index >= 15 is 0 Å². The Morgan fingerprint density at radius 3 is 2.30 bits per heavy atom. The third kappa shape index (κ3) is 3.50. The summed E-state index contributed by atoms with van der Waals surface area (Å²) in [7, 11) is 6.39.